The van der Waals surface area contributed by atoms with Crippen LogP contribution >= 0.6 is 0 Å². The van der Waals surface area contributed by atoms with Crippen molar-refractivity contribution in [3.63, 3.8) is 0 Å². The monoisotopic (exact) mass is 346 g/mol. The summed E-state index contributed by atoms with van der Waals surface area (Å²) in [4.78, 5) is 23.3. The van der Waals surface area contributed by atoms with Gasteiger partial charge in [0, 0.05) is 28.6 Å². The number of carboxylic acid groups (broad SMARTS) is 1. The Kier molecular flexibility index (Phi) is 3.16. The minimum atomic E-state index is -3.97. The first-order valence-electron chi connectivity index (χ1n) is 7.53. The summed E-state index contributed by atoms with van der Waals surface area (Å²) < 4.78 is 27.1. The molecule has 7 nitrogen and oxygen atoms in total. The molecule has 0 unspecified atom stereocenters. The summed E-state index contributed by atoms with van der Waals surface area (Å²) in [5.74, 6) is -1.41. The van der Waals surface area contributed by atoms with Gasteiger partial charge in [0.05, 0.1) is 4.90 Å². The van der Waals surface area contributed by atoms with Gasteiger partial charge in [0.2, 0.25) is 10.0 Å². The molecule has 4 rings (SSSR count). The summed E-state index contributed by atoms with van der Waals surface area (Å²) >= 11 is 0. The van der Waals surface area contributed by atoms with Crippen molar-refractivity contribution < 1.29 is 23.1 Å². The maximum atomic E-state index is 13.0. The Morgan fingerprint density at radius 1 is 1.25 bits per heavy atom. The second kappa shape index (κ2) is 5.02. The van der Waals surface area contributed by atoms with E-state index in [-0.39, 0.29) is 17.3 Å². The molecule has 8 heteroatoms. The first-order chi connectivity index (χ1) is 11.4. The molecule has 1 saturated heterocycles. The highest BCUT2D eigenvalue weighted by Gasteiger charge is 2.40. The number of aliphatic carboxylic acids is 1. The van der Waals surface area contributed by atoms with E-state index in [9.17, 15) is 23.1 Å². The Labute approximate surface area is 137 Å². The van der Waals surface area contributed by atoms with Crippen LogP contribution in [-0.2, 0) is 14.8 Å². The molecule has 24 heavy (non-hydrogen) atoms. The fourth-order valence-corrected chi connectivity index (χ4v) is 5.33. The normalized spacial score (nSPS) is 20.5. The van der Waals surface area contributed by atoms with Gasteiger partial charge in [-0.2, -0.15) is 4.31 Å². The van der Waals surface area contributed by atoms with Gasteiger partial charge in [0.25, 0.3) is 5.91 Å². The summed E-state index contributed by atoms with van der Waals surface area (Å²) in [5, 5.41) is 13.0. The lowest BCUT2D eigenvalue weighted by Gasteiger charge is -2.22. The predicted octanol–water partition coefficient (Wildman–Crippen LogP) is 1.64. The Bertz CT molecular complexity index is 999. The number of carbonyl (C=O) groups excluding carboxylic acids is 1. The minimum Gasteiger partial charge on any atom is -0.480 e. The minimum absolute atomic E-state index is 0.0350. The molecule has 0 aliphatic carbocycles. The van der Waals surface area contributed by atoms with E-state index in [0.717, 1.165) is 4.31 Å². The number of nitrogens with zero attached hydrogens (tertiary/aromatic N) is 1. The van der Waals surface area contributed by atoms with Gasteiger partial charge in [0.15, 0.2) is 0 Å². The lowest BCUT2D eigenvalue weighted by Crippen LogP contribution is -2.40. The maximum Gasteiger partial charge on any atom is 0.322 e. The third kappa shape index (κ3) is 1.96. The number of benzene rings is 2. The van der Waals surface area contributed by atoms with Crippen molar-refractivity contribution in [1.82, 2.24) is 4.31 Å². The Morgan fingerprint density at radius 2 is 2.04 bits per heavy atom. The fourth-order valence-electron chi connectivity index (χ4n) is 3.49. The summed E-state index contributed by atoms with van der Waals surface area (Å²) in [6.45, 7) is 0.180. The molecule has 2 aliphatic rings. The van der Waals surface area contributed by atoms with Gasteiger partial charge in [-0.1, -0.05) is 12.1 Å². The fraction of sp³-hybridized carbons (Fsp3) is 0.250. The van der Waals surface area contributed by atoms with Crippen molar-refractivity contribution in [3.05, 3.63) is 35.9 Å². The maximum absolute atomic E-state index is 13.0. The Hall–Kier alpha value is -2.45. The van der Waals surface area contributed by atoms with Crippen LogP contribution in [0.1, 0.15) is 23.2 Å². The van der Waals surface area contributed by atoms with E-state index in [1.165, 1.54) is 6.07 Å². The molecule has 0 saturated carbocycles. The molecular weight excluding hydrogens is 332 g/mol. The average molecular weight is 346 g/mol. The van der Waals surface area contributed by atoms with Crippen molar-refractivity contribution in [2.45, 2.75) is 23.8 Å². The molecule has 2 aliphatic heterocycles. The number of carbonyl (C=O) groups is 2. The largest absolute Gasteiger partial charge is 0.480 e. The van der Waals surface area contributed by atoms with Crippen LogP contribution in [-0.4, -0.2) is 42.3 Å². The van der Waals surface area contributed by atoms with Gasteiger partial charge in [-0.3, -0.25) is 9.59 Å². The molecule has 0 aromatic heterocycles. The van der Waals surface area contributed by atoms with Crippen LogP contribution in [0.3, 0.4) is 0 Å². The summed E-state index contributed by atoms with van der Waals surface area (Å²) in [7, 11) is -3.97. The highest BCUT2D eigenvalue weighted by molar-refractivity contribution is 7.89. The number of carboxylic acids is 1. The van der Waals surface area contributed by atoms with Gasteiger partial charge in [-0.25, -0.2) is 8.42 Å². The smallest absolute Gasteiger partial charge is 0.322 e. The number of amides is 1. The molecular formula is C16H14N2O5S. The van der Waals surface area contributed by atoms with Crippen LogP contribution in [0.15, 0.2) is 35.2 Å². The second-order valence-electron chi connectivity index (χ2n) is 5.91. The molecule has 2 heterocycles. The second-order valence-corrected chi connectivity index (χ2v) is 7.76. The van der Waals surface area contributed by atoms with Gasteiger partial charge in [0.1, 0.15) is 6.04 Å². The van der Waals surface area contributed by atoms with Crippen LogP contribution in [0.5, 0.6) is 0 Å². The molecule has 2 N–H and O–H groups in total. The van der Waals surface area contributed by atoms with Crippen LogP contribution in [0, 0.1) is 0 Å². The molecule has 0 radical (unpaired) electrons. The van der Waals surface area contributed by atoms with Crippen molar-refractivity contribution >= 4 is 38.4 Å². The quantitative estimate of drug-likeness (QED) is 0.879. The van der Waals surface area contributed by atoms with Crippen molar-refractivity contribution in [2.75, 3.05) is 11.9 Å². The van der Waals surface area contributed by atoms with Crippen LogP contribution < -0.4 is 5.32 Å². The van der Waals surface area contributed by atoms with E-state index in [4.69, 9.17) is 0 Å². The zero-order valence-electron chi connectivity index (χ0n) is 12.5. The summed E-state index contributed by atoms with van der Waals surface area (Å²) in [6.07, 6.45) is 0.813. The molecule has 124 valence electrons. The van der Waals surface area contributed by atoms with Crippen molar-refractivity contribution in [2.24, 2.45) is 0 Å². The lowest BCUT2D eigenvalue weighted by atomic mass is 10.1. The van der Waals surface area contributed by atoms with Crippen LogP contribution in [0.4, 0.5) is 5.69 Å². The third-order valence-electron chi connectivity index (χ3n) is 4.57. The first-order valence-corrected chi connectivity index (χ1v) is 8.97. The topological polar surface area (TPSA) is 104 Å². The van der Waals surface area contributed by atoms with E-state index < -0.39 is 22.0 Å². The number of hydrogen-bond donors (Lipinski definition) is 2. The zero-order chi connectivity index (χ0) is 17.1. The SMILES string of the molecule is O=C1Nc2ccc(S(=O)(=O)N3CCC[C@@H]3C(=O)O)c3cccc1c23. The van der Waals surface area contributed by atoms with Gasteiger partial charge < -0.3 is 10.4 Å². The van der Waals surface area contributed by atoms with Crippen molar-refractivity contribution in [1.29, 1.82) is 0 Å². The first kappa shape index (κ1) is 15.1. The van der Waals surface area contributed by atoms with Crippen LogP contribution in [0.25, 0.3) is 10.8 Å². The van der Waals surface area contributed by atoms with Gasteiger partial charge in [-0.15, -0.1) is 0 Å². The highest BCUT2D eigenvalue weighted by atomic mass is 32.2. The zero-order valence-corrected chi connectivity index (χ0v) is 13.3. The van der Waals surface area contributed by atoms with Gasteiger partial charge in [-0.05, 0) is 31.0 Å². The molecule has 1 amide bonds. The highest BCUT2D eigenvalue weighted by Crippen LogP contribution is 2.38. The number of hydrogen-bond acceptors (Lipinski definition) is 4. The number of sulfonamides is 1. The third-order valence-corrected chi connectivity index (χ3v) is 6.54. The van der Waals surface area contributed by atoms with E-state index in [1.54, 1.807) is 24.3 Å². The van der Waals surface area contributed by atoms with E-state index in [1.807, 2.05) is 0 Å². The molecule has 2 aromatic rings. The summed E-state index contributed by atoms with van der Waals surface area (Å²) in [5.41, 5.74) is 0.997. The van der Waals surface area contributed by atoms with E-state index in [0.29, 0.717) is 34.9 Å². The summed E-state index contributed by atoms with van der Waals surface area (Å²) in [6, 6.07) is 6.85. The van der Waals surface area contributed by atoms with Gasteiger partial charge >= 0.3 is 5.97 Å². The number of anilines is 1. The van der Waals surface area contributed by atoms with E-state index >= 15 is 0 Å². The van der Waals surface area contributed by atoms with Crippen LogP contribution in [0.2, 0.25) is 0 Å². The predicted molar refractivity (Wildman–Crippen MR) is 86.5 cm³/mol. The Balaban J connectivity index is 1.93. The molecule has 1 fully saturated rings. The standard InChI is InChI=1S/C16H14N2O5S/c19-15-10-4-1-3-9-13(7-6-11(17-15)14(9)10)24(22,23)18-8-2-5-12(18)16(20)21/h1,3-4,6-7,12H,2,5,8H2,(H,17,19)(H,20,21)/t12-/m1/s1. The average Bonchev–Trinajstić information content (AvgIpc) is 3.15. The molecule has 2 aromatic carbocycles. The number of rotatable bonds is 3. The van der Waals surface area contributed by atoms with Crippen molar-refractivity contribution in [3.8, 4) is 0 Å². The molecule has 1 atom stereocenters. The number of nitrogens with one attached hydrogen (secondary N) is 1. The molecule has 0 bridgehead atoms. The lowest BCUT2D eigenvalue weighted by molar-refractivity contribution is -0.140. The van der Waals surface area contributed by atoms with E-state index in [2.05, 4.69) is 5.32 Å². The Morgan fingerprint density at radius 3 is 2.79 bits per heavy atom. The molecule has 0 spiro atoms.